The van der Waals surface area contributed by atoms with Crippen molar-refractivity contribution in [3.63, 3.8) is 0 Å². The smallest absolute Gasteiger partial charge is 0.289 e. The highest BCUT2D eigenvalue weighted by Gasteiger charge is 2.18. The zero-order valence-corrected chi connectivity index (χ0v) is 13.0. The molecule has 1 rings (SSSR count). The Hall–Kier alpha value is -0.0100. The van der Waals surface area contributed by atoms with E-state index in [0.717, 1.165) is 37.0 Å². The Labute approximate surface area is 124 Å². The zero-order chi connectivity index (χ0) is 14.3. The van der Waals surface area contributed by atoms with Crippen LogP contribution in [-0.4, -0.2) is 80.9 Å². The molecule has 0 aromatic heterocycles. The van der Waals surface area contributed by atoms with Crippen molar-refractivity contribution in [2.24, 2.45) is 0 Å². The molecule has 6 nitrogen and oxygen atoms in total. The second-order valence-corrected chi connectivity index (χ2v) is 6.86. The van der Waals surface area contributed by atoms with Crippen LogP contribution in [0.4, 0.5) is 0 Å². The normalized spacial score (nSPS) is 19.7. The van der Waals surface area contributed by atoms with Crippen LogP contribution in [0.5, 0.6) is 0 Å². The van der Waals surface area contributed by atoms with E-state index in [-0.39, 0.29) is 0 Å². The molecular formula is C10H18N2O4PS2-. The second-order valence-electron chi connectivity index (χ2n) is 4.03. The molecule has 0 unspecified atom stereocenters. The van der Waals surface area contributed by atoms with Crippen LogP contribution in [0, 0.1) is 0 Å². The minimum atomic E-state index is -1.37. The van der Waals surface area contributed by atoms with Crippen molar-refractivity contribution in [2.45, 2.75) is 5.66 Å². The van der Waals surface area contributed by atoms with Gasteiger partial charge < -0.3 is 23.6 Å². The molecule has 19 heavy (non-hydrogen) atoms. The molecule has 0 bridgehead atoms. The Kier molecular flexibility index (Phi) is 8.09. The van der Waals surface area contributed by atoms with E-state index < -0.39 is 17.6 Å². The van der Waals surface area contributed by atoms with E-state index in [1.54, 1.807) is 11.8 Å². The molecule has 1 aliphatic rings. The van der Waals surface area contributed by atoms with Crippen molar-refractivity contribution in [3.8, 4) is 0 Å². The summed E-state index contributed by atoms with van der Waals surface area (Å²) in [4.78, 5) is 24.0. The molecule has 0 amide bonds. The van der Waals surface area contributed by atoms with Gasteiger partial charge in [0.05, 0.1) is 0 Å². The molecule has 0 radical (unpaired) electrons. The van der Waals surface area contributed by atoms with Crippen LogP contribution >= 0.6 is 33.1 Å². The summed E-state index contributed by atoms with van der Waals surface area (Å²) >= 11 is 5.98. The lowest BCUT2D eigenvalue weighted by Gasteiger charge is -2.41. The van der Waals surface area contributed by atoms with Crippen LogP contribution in [0.1, 0.15) is 0 Å². The predicted octanol–water partition coefficient (Wildman–Crippen LogP) is 0.624. The quantitative estimate of drug-likeness (QED) is 0.375. The van der Waals surface area contributed by atoms with E-state index in [1.165, 1.54) is 0 Å². The number of aliphatic carboxylic acids is 2. The molecule has 1 fully saturated rings. The van der Waals surface area contributed by atoms with Crippen molar-refractivity contribution in [1.29, 1.82) is 0 Å². The first-order chi connectivity index (χ1) is 9.04. The number of rotatable bonds is 6. The second kappa shape index (κ2) is 9.02. The third-order valence-corrected chi connectivity index (χ3v) is 5.22. The highest BCUT2D eigenvalue weighted by atomic mass is 32.2. The van der Waals surface area contributed by atoms with Gasteiger partial charge in [-0.05, 0) is 13.1 Å². The number of thiol groups is 1. The number of thioether (sulfide) groups is 1. The summed E-state index contributed by atoms with van der Waals surface area (Å²) in [6, 6.07) is 0. The number of hydrogen-bond acceptors (Lipinski definition) is 6. The molecule has 0 atom stereocenters. The highest BCUT2D eigenvalue weighted by molar-refractivity contribution is 7.99. The van der Waals surface area contributed by atoms with Crippen molar-refractivity contribution >= 4 is 45.1 Å². The maximum absolute atomic E-state index is 10.9. The molecule has 1 saturated heterocycles. The Morgan fingerprint density at radius 2 is 1.95 bits per heavy atom. The maximum atomic E-state index is 10.9. The van der Waals surface area contributed by atoms with Crippen molar-refractivity contribution in [2.75, 3.05) is 43.6 Å². The number of carboxylic acids is 2. The van der Waals surface area contributed by atoms with Gasteiger partial charge in [-0.15, -0.1) is 11.8 Å². The fraction of sp³-hybridized carbons (Fsp3) is 0.800. The topological polar surface area (TPSA) is 81.1 Å². The molecule has 2 N–H and O–H groups in total. The SMILES string of the molecule is O=C(O)C([P-]N1CCSCN(CCS)CC1)C(=O)O. The lowest BCUT2D eigenvalue weighted by Crippen LogP contribution is -2.38. The monoisotopic (exact) mass is 325 g/mol. The minimum absolute atomic E-state index is 0.346. The molecule has 1 heterocycles. The van der Waals surface area contributed by atoms with E-state index in [1.807, 2.05) is 4.67 Å². The number of hydrogen-bond donors (Lipinski definition) is 3. The van der Waals surface area contributed by atoms with E-state index >= 15 is 0 Å². The fourth-order valence-corrected chi connectivity index (χ4v) is 3.96. The summed E-state index contributed by atoms with van der Waals surface area (Å²) in [6.07, 6.45) is 0. The zero-order valence-electron chi connectivity index (χ0n) is 10.4. The third-order valence-electron chi connectivity index (χ3n) is 2.60. The highest BCUT2D eigenvalue weighted by Crippen LogP contribution is 2.26. The van der Waals surface area contributed by atoms with Gasteiger partial charge in [-0.3, -0.25) is 14.5 Å². The van der Waals surface area contributed by atoms with Crippen LogP contribution in [0.3, 0.4) is 0 Å². The van der Waals surface area contributed by atoms with Gasteiger partial charge in [0.1, 0.15) is 0 Å². The van der Waals surface area contributed by atoms with Crippen molar-refractivity contribution in [3.05, 3.63) is 0 Å². The average Bonchev–Trinajstić information content (AvgIpc) is 2.31. The molecule has 9 heteroatoms. The molecule has 0 aromatic carbocycles. The average molecular weight is 325 g/mol. The number of carboxylic acid groups (broad SMARTS) is 2. The first kappa shape index (κ1) is 17.0. The van der Waals surface area contributed by atoms with E-state index in [0.29, 0.717) is 15.3 Å². The van der Waals surface area contributed by atoms with Crippen LogP contribution in [-0.2, 0) is 9.59 Å². The van der Waals surface area contributed by atoms with Gasteiger partial charge in [0, 0.05) is 36.1 Å². The Balaban J connectivity index is 2.51. The van der Waals surface area contributed by atoms with Gasteiger partial charge in [-0.2, -0.15) is 12.6 Å². The summed E-state index contributed by atoms with van der Waals surface area (Å²) in [5.74, 6) is 0.0481. The van der Waals surface area contributed by atoms with Gasteiger partial charge >= 0.3 is 0 Å². The summed E-state index contributed by atoms with van der Waals surface area (Å²) in [5.41, 5.74) is -1.37. The molecule has 110 valence electrons. The standard InChI is InChI=1S/C10H18N2O4PS2/c13-9(14)8(10(15)16)17-12-2-1-11(3-5-18)7-19-6-4-12/h8,18H,1-7H2,(H,13,14)(H,15,16)/q-1. The molecular weight excluding hydrogens is 307 g/mol. The summed E-state index contributed by atoms with van der Waals surface area (Å²) in [5, 5.41) is 17.8. The summed E-state index contributed by atoms with van der Waals surface area (Å²) in [6.45, 7) is 3.11. The first-order valence-corrected chi connectivity index (χ1v) is 8.57. The Bertz CT molecular complexity index is 308. The first-order valence-electron chi connectivity index (χ1n) is 5.87. The fourth-order valence-electron chi connectivity index (χ4n) is 1.60. The maximum Gasteiger partial charge on any atom is 0.289 e. The molecule has 0 spiro atoms. The van der Waals surface area contributed by atoms with Gasteiger partial charge in [-0.25, -0.2) is 0 Å². The van der Waals surface area contributed by atoms with Crippen molar-refractivity contribution < 1.29 is 19.8 Å². The van der Waals surface area contributed by atoms with Crippen LogP contribution in [0.2, 0.25) is 0 Å². The largest absolute Gasteiger partial charge is 0.482 e. The van der Waals surface area contributed by atoms with Gasteiger partial charge in [0.2, 0.25) is 0 Å². The third kappa shape index (κ3) is 6.31. The summed E-state index contributed by atoms with van der Waals surface area (Å²) < 4.78 is 1.89. The van der Waals surface area contributed by atoms with E-state index in [2.05, 4.69) is 17.5 Å². The summed E-state index contributed by atoms with van der Waals surface area (Å²) in [7, 11) is 0.346. The Morgan fingerprint density at radius 1 is 1.26 bits per heavy atom. The predicted molar refractivity (Wildman–Crippen MR) is 80.3 cm³/mol. The van der Waals surface area contributed by atoms with Gasteiger partial charge in [0.25, 0.3) is 11.9 Å². The molecule has 1 aliphatic heterocycles. The van der Waals surface area contributed by atoms with Gasteiger partial charge in [-0.1, -0.05) is 0 Å². The lowest BCUT2D eigenvalue weighted by molar-refractivity contribution is -0.146. The van der Waals surface area contributed by atoms with Crippen LogP contribution in [0.15, 0.2) is 0 Å². The van der Waals surface area contributed by atoms with Gasteiger partial charge in [0.15, 0.2) is 0 Å². The van der Waals surface area contributed by atoms with E-state index in [9.17, 15) is 9.59 Å². The number of carbonyl (C=O) groups is 2. The molecule has 0 saturated carbocycles. The molecule has 0 aromatic rings. The van der Waals surface area contributed by atoms with E-state index in [4.69, 9.17) is 10.2 Å². The van der Waals surface area contributed by atoms with Crippen molar-refractivity contribution in [1.82, 2.24) is 9.57 Å². The minimum Gasteiger partial charge on any atom is -0.482 e. The lowest BCUT2D eigenvalue weighted by atomic mass is 10.4. The number of nitrogens with zero attached hydrogens (tertiary/aromatic N) is 2. The Morgan fingerprint density at radius 3 is 2.53 bits per heavy atom. The molecule has 0 aliphatic carbocycles. The van der Waals surface area contributed by atoms with Crippen LogP contribution < -0.4 is 0 Å². The van der Waals surface area contributed by atoms with Crippen LogP contribution in [0.25, 0.3) is 0 Å².